The average molecular weight is 345 g/mol. The van der Waals surface area contributed by atoms with Crippen LogP contribution in [0.15, 0.2) is 54.6 Å². The fourth-order valence-electron chi connectivity index (χ4n) is 2.80. The highest BCUT2D eigenvalue weighted by atomic mass is 35.5. The Labute approximate surface area is 145 Å². The molecule has 1 fully saturated rings. The third-order valence-electron chi connectivity index (χ3n) is 4.18. The molecule has 0 radical (unpaired) electrons. The van der Waals surface area contributed by atoms with Crippen molar-refractivity contribution in [1.29, 1.82) is 0 Å². The minimum Gasteiger partial charge on any atom is -0.371 e. The van der Waals surface area contributed by atoms with Crippen molar-refractivity contribution in [3.63, 3.8) is 0 Å². The Balaban J connectivity index is 2.01. The Bertz CT molecular complexity index is 775. The zero-order valence-electron chi connectivity index (χ0n) is 13.3. The molecule has 6 heteroatoms. The minimum atomic E-state index is -1.17. The molecule has 0 saturated carbocycles. The van der Waals surface area contributed by atoms with Crippen LogP contribution in [0.4, 0.5) is 10.5 Å². The van der Waals surface area contributed by atoms with Crippen LogP contribution in [0.5, 0.6) is 0 Å². The number of carbonyl (C=O) groups is 2. The Hall–Kier alpha value is -2.37. The molecular formula is C18H17ClN2O3. The quantitative estimate of drug-likeness (QED) is 0.906. The maximum absolute atomic E-state index is 12.9. The van der Waals surface area contributed by atoms with E-state index in [4.69, 9.17) is 11.6 Å². The molecule has 1 aliphatic rings. The number of imide groups is 1. The number of hydrogen-bond donors (Lipinski definition) is 1. The van der Waals surface area contributed by atoms with Gasteiger partial charge in [-0.3, -0.25) is 9.69 Å². The van der Waals surface area contributed by atoms with Gasteiger partial charge >= 0.3 is 6.03 Å². The van der Waals surface area contributed by atoms with Gasteiger partial charge in [-0.05, 0) is 50.2 Å². The van der Waals surface area contributed by atoms with Gasteiger partial charge in [-0.15, -0.1) is 0 Å². The molecule has 3 amide bonds. The summed E-state index contributed by atoms with van der Waals surface area (Å²) in [6.45, 7) is 3.32. The summed E-state index contributed by atoms with van der Waals surface area (Å²) >= 11 is 5.88. The number of nitrogens with zero attached hydrogens (tertiary/aromatic N) is 2. The summed E-state index contributed by atoms with van der Waals surface area (Å²) < 4.78 is 0. The molecule has 1 unspecified atom stereocenters. The molecule has 1 aliphatic heterocycles. The van der Waals surface area contributed by atoms with Crippen molar-refractivity contribution < 1.29 is 14.7 Å². The molecule has 0 aliphatic carbocycles. The molecule has 0 aromatic heterocycles. The zero-order chi connectivity index (χ0) is 17.5. The molecule has 2 aromatic carbocycles. The van der Waals surface area contributed by atoms with Crippen molar-refractivity contribution in [1.82, 2.24) is 4.90 Å². The monoisotopic (exact) mass is 344 g/mol. The van der Waals surface area contributed by atoms with Crippen molar-refractivity contribution in [3.8, 4) is 0 Å². The van der Waals surface area contributed by atoms with Gasteiger partial charge in [0.05, 0.1) is 5.54 Å². The average Bonchev–Trinajstić information content (AvgIpc) is 2.74. The lowest BCUT2D eigenvalue weighted by Crippen LogP contribution is -2.49. The minimum absolute atomic E-state index is 0.393. The zero-order valence-corrected chi connectivity index (χ0v) is 14.1. The summed E-state index contributed by atoms with van der Waals surface area (Å²) in [6.07, 6.45) is -1.17. The second kappa shape index (κ2) is 5.92. The topological polar surface area (TPSA) is 60.9 Å². The van der Waals surface area contributed by atoms with E-state index in [0.29, 0.717) is 16.3 Å². The van der Waals surface area contributed by atoms with Crippen molar-refractivity contribution in [2.75, 3.05) is 4.90 Å². The van der Waals surface area contributed by atoms with Crippen molar-refractivity contribution >= 4 is 29.2 Å². The van der Waals surface area contributed by atoms with Gasteiger partial charge in [-0.25, -0.2) is 9.69 Å². The van der Waals surface area contributed by atoms with E-state index in [0.717, 1.165) is 4.90 Å². The second-order valence-corrected chi connectivity index (χ2v) is 6.60. The molecule has 1 atom stereocenters. The van der Waals surface area contributed by atoms with E-state index < -0.39 is 23.7 Å². The molecule has 24 heavy (non-hydrogen) atoms. The summed E-state index contributed by atoms with van der Waals surface area (Å²) in [7, 11) is 0. The van der Waals surface area contributed by atoms with Gasteiger partial charge < -0.3 is 5.11 Å². The Kier molecular flexibility index (Phi) is 4.07. The summed E-state index contributed by atoms with van der Waals surface area (Å²) in [4.78, 5) is 28.0. The Morgan fingerprint density at radius 3 is 2.25 bits per heavy atom. The first-order valence-corrected chi connectivity index (χ1v) is 7.88. The number of urea groups is 1. The molecule has 3 rings (SSSR count). The van der Waals surface area contributed by atoms with Crippen LogP contribution in [-0.2, 0) is 0 Å². The summed E-state index contributed by atoms with van der Waals surface area (Å²) in [5.41, 5.74) is -0.207. The van der Waals surface area contributed by atoms with Crippen LogP contribution in [0.25, 0.3) is 0 Å². The van der Waals surface area contributed by atoms with Gasteiger partial charge in [0.25, 0.3) is 5.91 Å². The molecule has 0 bridgehead atoms. The Morgan fingerprint density at radius 1 is 1.08 bits per heavy atom. The van der Waals surface area contributed by atoms with E-state index in [-0.39, 0.29) is 0 Å². The summed E-state index contributed by atoms with van der Waals surface area (Å²) in [6, 6.07) is 14.5. The third kappa shape index (κ3) is 2.56. The first-order valence-electron chi connectivity index (χ1n) is 7.50. The van der Waals surface area contributed by atoms with Crippen molar-refractivity contribution in [2.24, 2.45) is 0 Å². The van der Waals surface area contributed by atoms with E-state index in [1.807, 2.05) is 0 Å². The molecule has 1 N–H and O–H groups in total. The van der Waals surface area contributed by atoms with Crippen LogP contribution in [0, 0.1) is 0 Å². The van der Waals surface area contributed by atoms with Gasteiger partial charge in [0.15, 0.2) is 6.23 Å². The van der Waals surface area contributed by atoms with Gasteiger partial charge in [-0.1, -0.05) is 29.8 Å². The standard InChI is InChI=1S/C18H17ClN2O3/c1-18(2)16(23)20(14-10-8-13(19)9-11-14)17(24)21(18)15(22)12-6-4-3-5-7-12/h3-11,16,23H,1-2H3. The van der Waals surface area contributed by atoms with E-state index >= 15 is 0 Å². The highest BCUT2D eigenvalue weighted by molar-refractivity contribution is 6.30. The van der Waals surface area contributed by atoms with Crippen LogP contribution in [-0.4, -0.2) is 33.7 Å². The summed E-state index contributed by atoms with van der Waals surface area (Å²) in [5, 5.41) is 11.2. The molecule has 1 heterocycles. The second-order valence-electron chi connectivity index (χ2n) is 6.16. The van der Waals surface area contributed by atoms with E-state index in [2.05, 4.69) is 0 Å². The predicted molar refractivity (Wildman–Crippen MR) is 92.0 cm³/mol. The number of amides is 3. The maximum atomic E-state index is 12.9. The van der Waals surface area contributed by atoms with Crippen LogP contribution in [0.2, 0.25) is 5.02 Å². The number of halogens is 1. The molecule has 1 saturated heterocycles. The third-order valence-corrected chi connectivity index (χ3v) is 4.43. The smallest absolute Gasteiger partial charge is 0.334 e. The molecule has 0 spiro atoms. The Morgan fingerprint density at radius 2 is 1.67 bits per heavy atom. The number of benzene rings is 2. The van der Waals surface area contributed by atoms with E-state index in [1.54, 1.807) is 68.4 Å². The van der Waals surface area contributed by atoms with Crippen molar-refractivity contribution in [3.05, 3.63) is 65.2 Å². The lowest BCUT2D eigenvalue weighted by atomic mass is 10.0. The molecule has 124 valence electrons. The molecule has 2 aromatic rings. The van der Waals surface area contributed by atoms with E-state index in [9.17, 15) is 14.7 Å². The SMILES string of the molecule is CC1(C)C(O)N(c2ccc(Cl)cc2)C(=O)N1C(=O)c1ccccc1. The highest BCUT2D eigenvalue weighted by Gasteiger charge is 2.54. The summed E-state index contributed by atoms with van der Waals surface area (Å²) in [5.74, 6) is -0.443. The van der Waals surface area contributed by atoms with Crippen LogP contribution in [0.1, 0.15) is 24.2 Å². The number of anilines is 1. The highest BCUT2D eigenvalue weighted by Crippen LogP contribution is 2.36. The first kappa shape index (κ1) is 16.5. The van der Waals surface area contributed by atoms with Crippen molar-refractivity contribution in [2.45, 2.75) is 25.6 Å². The number of carbonyl (C=O) groups excluding carboxylic acids is 2. The van der Waals surface area contributed by atoms with Crippen LogP contribution >= 0.6 is 11.6 Å². The fourth-order valence-corrected chi connectivity index (χ4v) is 2.93. The molecule has 5 nitrogen and oxygen atoms in total. The number of rotatable bonds is 2. The van der Waals surface area contributed by atoms with Crippen LogP contribution in [0.3, 0.4) is 0 Å². The first-order chi connectivity index (χ1) is 11.3. The normalized spacial score (nSPS) is 19.7. The van der Waals surface area contributed by atoms with Gasteiger partial charge in [0.2, 0.25) is 0 Å². The largest absolute Gasteiger partial charge is 0.371 e. The van der Waals surface area contributed by atoms with E-state index in [1.165, 1.54) is 4.90 Å². The van der Waals surface area contributed by atoms with Gasteiger partial charge in [0.1, 0.15) is 0 Å². The van der Waals surface area contributed by atoms with Gasteiger partial charge in [-0.2, -0.15) is 0 Å². The maximum Gasteiger partial charge on any atom is 0.334 e. The number of hydrogen-bond acceptors (Lipinski definition) is 3. The predicted octanol–water partition coefficient (Wildman–Crippen LogP) is 3.52. The lowest BCUT2D eigenvalue weighted by Gasteiger charge is -2.30. The lowest BCUT2D eigenvalue weighted by molar-refractivity contribution is 0.0445. The molecular weight excluding hydrogens is 328 g/mol. The van der Waals surface area contributed by atoms with Crippen LogP contribution < -0.4 is 4.90 Å². The van der Waals surface area contributed by atoms with Gasteiger partial charge in [0, 0.05) is 16.3 Å². The fraction of sp³-hybridized carbons (Fsp3) is 0.222. The number of aliphatic hydroxyl groups excluding tert-OH is 1. The number of aliphatic hydroxyl groups is 1.